The Balaban J connectivity index is 1.58. The third kappa shape index (κ3) is 6.36. The van der Waals surface area contributed by atoms with E-state index in [4.69, 9.17) is 14.6 Å². The highest BCUT2D eigenvalue weighted by Gasteiger charge is 2.51. The third-order valence-electron chi connectivity index (χ3n) is 7.44. The van der Waals surface area contributed by atoms with Gasteiger partial charge in [0.05, 0.1) is 6.61 Å². The molecule has 0 heterocycles. The molecule has 0 aromatic carbocycles. The minimum absolute atomic E-state index is 0.0296. The fourth-order valence-corrected chi connectivity index (χ4v) is 6.31. The van der Waals surface area contributed by atoms with Gasteiger partial charge in [0, 0.05) is 6.42 Å². The van der Waals surface area contributed by atoms with Crippen molar-refractivity contribution in [2.24, 2.45) is 29.6 Å². The van der Waals surface area contributed by atoms with E-state index >= 15 is 0 Å². The Hall–Kier alpha value is -1.79. The number of fused-ring (bicyclic) bond motifs is 3. The third-order valence-corrected chi connectivity index (χ3v) is 7.44. The number of esters is 1. The van der Waals surface area contributed by atoms with Gasteiger partial charge in [0.2, 0.25) is 0 Å². The van der Waals surface area contributed by atoms with Gasteiger partial charge in [-0.2, -0.15) is 0 Å². The molecule has 0 aromatic rings. The number of carboxylic acids is 1. The second-order valence-electron chi connectivity index (χ2n) is 10.6. The molecule has 0 aromatic heterocycles. The average Bonchev–Trinajstić information content (AvgIpc) is 3.02. The summed E-state index contributed by atoms with van der Waals surface area (Å²) in [6.45, 7) is 5.59. The van der Waals surface area contributed by atoms with E-state index in [1.165, 1.54) is 51.4 Å². The summed E-state index contributed by atoms with van der Waals surface area (Å²) in [6.07, 6.45) is 9.32. The molecule has 3 rings (SSSR count). The summed E-state index contributed by atoms with van der Waals surface area (Å²) in [5.74, 6) is 1.58. The smallest absolute Gasteiger partial charge is 0.407 e. The second kappa shape index (κ2) is 10.2. The monoisotopic (exact) mass is 437 g/mol. The zero-order chi connectivity index (χ0) is 22.6. The molecule has 3 saturated carbocycles. The maximum absolute atomic E-state index is 12.6. The molecular formula is C24H39NO6. The van der Waals surface area contributed by atoms with Crippen LogP contribution in [0.4, 0.5) is 4.79 Å². The van der Waals surface area contributed by atoms with Crippen LogP contribution in [0.15, 0.2) is 0 Å². The van der Waals surface area contributed by atoms with E-state index in [0.29, 0.717) is 24.4 Å². The number of alkyl carbamates (subject to hydrolysis) is 1. The molecule has 5 atom stereocenters. The molecule has 1 amide bonds. The van der Waals surface area contributed by atoms with Crippen LogP contribution >= 0.6 is 0 Å². The number of rotatable bonds is 7. The van der Waals surface area contributed by atoms with Crippen molar-refractivity contribution >= 4 is 18.0 Å². The molecule has 31 heavy (non-hydrogen) atoms. The van der Waals surface area contributed by atoms with Crippen molar-refractivity contribution in [3.63, 3.8) is 0 Å². The maximum atomic E-state index is 12.6. The summed E-state index contributed by atoms with van der Waals surface area (Å²) >= 11 is 0. The first-order chi connectivity index (χ1) is 14.7. The van der Waals surface area contributed by atoms with E-state index in [9.17, 15) is 14.4 Å². The van der Waals surface area contributed by atoms with Gasteiger partial charge in [-0.1, -0.05) is 25.7 Å². The first-order valence-electron chi connectivity index (χ1n) is 12.0. The minimum Gasteiger partial charge on any atom is -0.481 e. The average molecular weight is 438 g/mol. The Kier molecular flexibility index (Phi) is 7.87. The molecule has 2 N–H and O–H groups in total. The predicted molar refractivity (Wildman–Crippen MR) is 115 cm³/mol. The van der Waals surface area contributed by atoms with Crippen molar-refractivity contribution in [2.45, 2.75) is 96.6 Å². The number of hydrogen-bond donors (Lipinski definition) is 2. The summed E-state index contributed by atoms with van der Waals surface area (Å²) in [5, 5.41) is 11.5. The van der Waals surface area contributed by atoms with E-state index in [1.807, 2.05) is 0 Å². The molecule has 3 fully saturated rings. The predicted octanol–water partition coefficient (Wildman–Crippen LogP) is 4.53. The normalized spacial score (nSPS) is 31.1. The lowest BCUT2D eigenvalue weighted by molar-refractivity contribution is -0.157. The van der Waals surface area contributed by atoms with Crippen LogP contribution < -0.4 is 5.32 Å². The van der Waals surface area contributed by atoms with Gasteiger partial charge in [0.1, 0.15) is 11.6 Å². The number of hydrogen-bond acceptors (Lipinski definition) is 5. The van der Waals surface area contributed by atoms with Crippen LogP contribution in [-0.4, -0.2) is 41.4 Å². The molecule has 7 heteroatoms. The SMILES string of the molecule is CC(C)(C)OC(=O)C(CCC(=O)O)NC(=O)OCC1C2CCCCC2C2CCCCC21. The van der Waals surface area contributed by atoms with Crippen molar-refractivity contribution in [1.29, 1.82) is 0 Å². The molecule has 176 valence electrons. The highest BCUT2D eigenvalue weighted by Crippen LogP contribution is 2.57. The Morgan fingerprint density at radius 2 is 1.45 bits per heavy atom. The Bertz CT molecular complexity index is 635. The molecule has 0 saturated heterocycles. The summed E-state index contributed by atoms with van der Waals surface area (Å²) in [5.41, 5.74) is -0.722. The van der Waals surface area contributed by atoms with E-state index in [1.54, 1.807) is 20.8 Å². The van der Waals surface area contributed by atoms with Gasteiger partial charge in [0.15, 0.2) is 0 Å². The number of aliphatic carboxylic acids is 1. The zero-order valence-electron chi connectivity index (χ0n) is 19.2. The van der Waals surface area contributed by atoms with Crippen LogP contribution in [0.2, 0.25) is 0 Å². The Morgan fingerprint density at radius 1 is 0.935 bits per heavy atom. The van der Waals surface area contributed by atoms with Gasteiger partial charge in [-0.15, -0.1) is 0 Å². The Labute approximate surface area is 185 Å². The first-order valence-corrected chi connectivity index (χ1v) is 12.0. The van der Waals surface area contributed by atoms with Crippen LogP contribution in [0, 0.1) is 29.6 Å². The van der Waals surface area contributed by atoms with E-state index in [0.717, 1.165) is 11.8 Å². The number of carboxylic acid groups (broad SMARTS) is 1. The van der Waals surface area contributed by atoms with Crippen molar-refractivity contribution in [2.75, 3.05) is 6.61 Å². The number of ether oxygens (including phenoxy) is 2. The molecule has 0 aliphatic heterocycles. The number of nitrogens with one attached hydrogen (secondary N) is 1. The topological polar surface area (TPSA) is 102 Å². The highest BCUT2D eigenvalue weighted by atomic mass is 16.6. The lowest BCUT2D eigenvalue weighted by atomic mass is 9.73. The maximum Gasteiger partial charge on any atom is 0.407 e. The summed E-state index contributed by atoms with van der Waals surface area (Å²) in [7, 11) is 0. The number of carbonyl (C=O) groups excluding carboxylic acids is 2. The molecule has 5 unspecified atom stereocenters. The largest absolute Gasteiger partial charge is 0.481 e. The number of carbonyl (C=O) groups is 3. The highest BCUT2D eigenvalue weighted by molar-refractivity contribution is 5.82. The van der Waals surface area contributed by atoms with Crippen molar-refractivity contribution < 1.29 is 29.0 Å². The van der Waals surface area contributed by atoms with Gasteiger partial charge in [-0.05, 0) is 82.5 Å². The summed E-state index contributed by atoms with van der Waals surface area (Å²) in [4.78, 5) is 36.0. The van der Waals surface area contributed by atoms with E-state index in [-0.39, 0.29) is 12.8 Å². The van der Waals surface area contributed by atoms with E-state index < -0.39 is 29.7 Å². The Morgan fingerprint density at radius 3 is 1.94 bits per heavy atom. The molecular weight excluding hydrogens is 398 g/mol. The molecule has 0 bridgehead atoms. The fourth-order valence-electron chi connectivity index (χ4n) is 6.31. The number of amides is 1. The van der Waals surface area contributed by atoms with Crippen LogP contribution in [0.25, 0.3) is 0 Å². The van der Waals surface area contributed by atoms with Gasteiger partial charge in [-0.25, -0.2) is 9.59 Å². The zero-order valence-corrected chi connectivity index (χ0v) is 19.2. The van der Waals surface area contributed by atoms with Gasteiger partial charge >= 0.3 is 18.0 Å². The van der Waals surface area contributed by atoms with Crippen LogP contribution in [0.5, 0.6) is 0 Å². The molecule has 0 radical (unpaired) electrons. The second-order valence-corrected chi connectivity index (χ2v) is 10.6. The molecule has 0 spiro atoms. The van der Waals surface area contributed by atoms with Crippen molar-refractivity contribution in [3.05, 3.63) is 0 Å². The first kappa shape index (κ1) is 23.9. The lowest BCUT2D eigenvalue weighted by Gasteiger charge is -2.32. The standard InChI is InChI=1S/C24H39NO6/c1-24(2,3)31-22(28)20(12-13-21(26)27)25-23(29)30-14-19-17-10-6-4-8-15(17)16-9-5-7-11-18(16)19/h15-20H,4-14H2,1-3H3,(H,25,29)(H,26,27). The summed E-state index contributed by atoms with van der Waals surface area (Å²) in [6, 6.07) is -1.03. The molecule has 3 aliphatic carbocycles. The molecule has 7 nitrogen and oxygen atoms in total. The summed E-state index contributed by atoms with van der Waals surface area (Å²) < 4.78 is 11.0. The fraction of sp³-hybridized carbons (Fsp3) is 0.875. The minimum atomic E-state index is -1.03. The molecule has 3 aliphatic rings. The van der Waals surface area contributed by atoms with Crippen LogP contribution in [0.1, 0.15) is 85.0 Å². The quantitative estimate of drug-likeness (QED) is 0.567. The van der Waals surface area contributed by atoms with E-state index in [2.05, 4.69) is 5.32 Å². The van der Waals surface area contributed by atoms with Gasteiger partial charge in [0.25, 0.3) is 0 Å². The van der Waals surface area contributed by atoms with Gasteiger partial charge < -0.3 is 19.9 Å². The van der Waals surface area contributed by atoms with Gasteiger partial charge in [-0.3, -0.25) is 4.79 Å². The van der Waals surface area contributed by atoms with Crippen LogP contribution in [0.3, 0.4) is 0 Å². The van der Waals surface area contributed by atoms with Crippen molar-refractivity contribution in [1.82, 2.24) is 5.32 Å². The van der Waals surface area contributed by atoms with Crippen LogP contribution in [-0.2, 0) is 19.1 Å². The lowest BCUT2D eigenvalue weighted by Crippen LogP contribution is -2.45. The van der Waals surface area contributed by atoms with Crippen molar-refractivity contribution in [3.8, 4) is 0 Å².